The highest BCUT2D eigenvalue weighted by Crippen LogP contribution is 2.31. The first kappa shape index (κ1) is 20.3. The van der Waals surface area contributed by atoms with E-state index in [1.807, 2.05) is 0 Å². The molecule has 1 aromatic carbocycles. The smallest absolute Gasteiger partial charge is 0.293 e. The van der Waals surface area contributed by atoms with Crippen molar-refractivity contribution in [1.82, 2.24) is 4.31 Å². The van der Waals surface area contributed by atoms with E-state index in [1.54, 1.807) is 12.1 Å². The van der Waals surface area contributed by atoms with Gasteiger partial charge in [0, 0.05) is 19.2 Å². The van der Waals surface area contributed by atoms with Gasteiger partial charge in [0.05, 0.1) is 22.6 Å². The topological polar surface area (TPSA) is 126 Å². The van der Waals surface area contributed by atoms with Crippen LogP contribution in [0.1, 0.15) is 31.9 Å². The molecule has 2 heterocycles. The Morgan fingerprint density at radius 2 is 2.00 bits per heavy atom. The van der Waals surface area contributed by atoms with Crippen molar-refractivity contribution in [3.8, 4) is 0 Å². The lowest BCUT2D eigenvalue weighted by molar-refractivity contribution is -0.384. The van der Waals surface area contributed by atoms with Crippen molar-refractivity contribution in [2.75, 3.05) is 25.0 Å². The number of aliphatic hydroxyl groups is 1. The van der Waals surface area contributed by atoms with Crippen molar-refractivity contribution in [2.45, 2.75) is 36.7 Å². The lowest BCUT2D eigenvalue weighted by Gasteiger charge is -2.26. The fourth-order valence-corrected chi connectivity index (χ4v) is 4.70. The quantitative estimate of drug-likeness (QED) is 0.532. The number of anilines is 1. The molecule has 0 saturated carbocycles. The Kier molecular flexibility index (Phi) is 5.73. The number of sulfonamides is 1. The Morgan fingerprint density at radius 1 is 1.29 bits per heavy atom. The number of nitrogens with zero attached hydrogens (tertiary/aromatic N) is 2. The average Bonchev–Trinajstić information content (AvgIpc) is 3.23. The maximum Gasteiger partial charge on any atom is 0.293 e. The van der Waals surface area contributed by atoms with Crippen LogP contribution in [0.15, 0.2) is 45.9 Å². The first-order chi connectivity index (χ1) is 13.2. The van der Waals surface area contributed by atoms with E-state index in [1.165, 1.54) is 29.6 Å². The summed E-state index contributed by atoms with van der Waals surface area (Å²) in [5.41, 5.74) is -1.64. The molecule has 9 nitrogen and oxygen atoms in total. The van der Waals surface area contributed by atoms with Crippen LogP contribution in [0.4, 0.5) is 11.4 Å². The molecular weight excluding hydrogens is 386 g/mol. The molecule has 2 N–H and O–H groups in total. The van der Waals surface area contributed by atoms with Crippen LogP contribution in [0.25, 0.3) is 0 Å². The Balaban J connectivity index is 1.84. The molecule has 1 unspecified atom stereocenters. The number of nitro groups is 1. The van der Waals surface area contributed by atoms with Gasteiger partial charge in [-0.2, -0.15) is 4.31 Å². The third kappa shape index (κ3) is 4.18. The zero-order valence-electron chi connectivity index (χ0n) is 15.5. The standard InChI is InChI=1S/C18H23N3O6S/c1-18(22,17-6-5-11-27-17)13-19-15-8-7-14(12-16(15)21(23)24)28(25,26)20-9-3-2-4-10-20/h5-8,11-12,19,22H,2-4,9-10,13H2,1H3. The van der Waals surface area contributed by atoms with Gasteiger partial charge in [-0.15, -0.1) is 0 Å². The van der Waals surface area contributed by atoms with Crippen molar-refractivity contribution >= 4 is 21.4 Å². The molecule has 0 aliphatic carbocycles. The second-order valence-electron chi connectivity index (χ2n) is 7.01. The second-order valence-corrected chi connectivity index (χ2v) is 8.94. The Hall–Kier alpha value is -2.43. The van der Waals surface area contributed by atoms with Crippen LogP contribution in [0.3, 0.4) is 0 Å². The van der Waals surface area contributed by atoms with Gasteiger partial charge >= 0.3 is 0 Å². The van der Waals surface area contributed by atoms with E-state index in [2.05, 4.69) is 5.32 Å². The number of hydrogen-bond donors (Lipinski definition) is 2. The van der Waals surface area contributed by atoms with Crippen LogP contribution in [0.5, 0.6) is 0 Å². The maximum atomic E-state index is 12.8. The lowest BCUT2D eigenvalue weighted by atomic mass is 10.0. The monoisotopic (exact) mass is 409 g/mol. The maximum absolute atomic E-state index is 12.8. The molecule has 1 saturated heterocycles. The predicted octanol–water partition coefficient (Wildman–Crippen LogP) is 2.68. The molecule has 0 radical (unpaired) electrons. The molecule has 1 aliphatic rings. The molecule has 1 aliphatic heterocycles. The Bertz CT molecular complexity index is 934. The second kappa shape index (κ2) is 7.90. The van der Waals surface area contributed by atoms with Gasteiger partial charge in [-0.1, -0.05) is 6.42 Å². The van der Waals surface area contributed by atoms with Crippen LogP contribution in [-0.2, 0) is 15.6 Å². The highest BCUT2D eigenvalue weighted by molar-refractivity contribution is 7.89. The van der Waals surface area contributed by atoms with E-state index in [0.29, 0.717) is 18.8 Å². The summed E-state index contributed by atoms with van der Waals surface area (Å²) in [6.45, 7) is 2.30. The number of hydrogen-bond acceptors (Lipinski definition) is 7. The van der Waals surface area contributed by atoms with Crippen molar-refractivity contribution in [3.63, 3.8) is 0 Å². The summed E-state index contributed by atoms with van der Waals surface area (Å²) in [5, 5.41) is 24.8. The molecule has 10 heteroatoms. The minimum atomic E-state index is -3.78. The van der Waals surface area contributed by atoms with Gasteiger partial charge in [0.2, 0.25) is 10.0 Å². The summed E-state index contributed by atoms with van der Waals surface area (Å²) < 4.78 is 32.1. The zero-order valence-corrected chi connectivity index (χ0v) is 16.3. The van der Waals surface area contributed by atoms with Crippen molar-refractivity contribution < 1.29 is 22.9 Å². The molecule has 1 atom stereocenters. The van der Waals surface area contributed by atoms with Gasteiger partial charge in [-0.3, -0.25) is 10.1 Å². The summed E-state index contributed by atoms with van der Waals surface area (Å²) >= 11 is 0. The summed E-state index contributed by atoms with van der Waals surface area (Å²) in [7, 11) is -3.78. The van der Waals surface area contributed by atoms with Gasteiger partial charge in [0.25, 0.3) is 5.69 Å². The van der Waals surface area contributed by atoms with Crippen LogP contribution >= 0.6 is 0 Å². The molecule has 0 amide bonds. The molecule has 28 heavy (non-hydrogen) atoms. The van der Waals surface area contributed by atoms with E-state index < -0.39 is 20.5 Å². The van der Waals surface area contributed by atoms with Crippen molar-refractivity contribution in [2.24, 2.45) is 0 Å². The molecule has 1 fully saturated rings. The number of furan rings is 1. The first-order valence-corrected chi connectivity index (χ1v) is 10.4. The van der Waals surface area contributed by atoms with E-state index in [-0.39, 0.29) is 22.8 Å². The van der Waals surface area contributed by atoms with Crippen LogP contribution in [0.2, 0.25) is 0 Å². The number of nitrogens with one attached hydrogen (secondary N) is 1. The molecule has 3 rings (SSSR count). The molecule has 152 valence electrons. The minimum Gasteiger partial charge on any atom is -0.466 e. The molecule has 2 aromatic rings. The molecule has 1 aromatic heterocycles. The first-order valence-electron chi connectivity index (χ1n) is 9.01. The fraction of sp³-hybridized carbons (Fsp3) is 0.444. The minimum absolute atomic E-state index is 0.0560. The SMILES string of the molecule is CC(O)(CNc1ccc(S(=O)(=O)N2CCCCC2)cc1[N+](=O)[O-])c1ccco1. The summed E-state index contributed by atoms with van der Waals surface area (Å²) in [5.74, 6) is 0.312. The van der Waals surface area contributed by atoms with Gasteiger partial charge in [-0.05, 0) is 44.0 Å². The molecular formula is C18H23N3O6S. The van der Waals surface area contributed by atoms with E-state index in [9.17, 15) is 23.6 Å². The third-order valence-corrected chi connectivity index (χ3v) is 6.69. The highest BCUT2D eigenvalue weighted by atomic mass is 32.2. The summed E-state index contributed by atoms with van der Waals surface area (Å²) in [6.07, 6.45) is 3.96. The lowest BCUT2D eigenvalue weighted by Crippen LogP contribution is -2.35. The van der Waals surface area contributed by atoms with Crippen LogP contribution in [0, 0.1) is 10.1 Å². The summed E-state index contributed by atoms with van der Waals surface area (Å²) in [6, 6.07) is 7.00. The van der Waals surface area contributed by atoms with E-state index >= 15 is 0 Å². The molecule has 0 spiro atoms. The third-order valence-electron chi connectivity index (χ3n) is 4.79. The van der Waals surface area contributed by atoms with Crippen LogP contribution < -0.4 is 5.32 Å². The summed E-state index contributed by atoms with van der Waals surface area (Å²) in [4.78, 5) is 10.8. The van der Waals surface area contributed by atoms with Gasteiger partial charge in [0.15, 0.2) is 0 Å². The van der Waals surface area contributed by atoms with Gasteiger partial charge in [-0.25, -0.2) is 8.42 Å². The number of rotatable bonds is 7. The number of piperidine rings is 1. The number of nitro benzene ring substituents is 1. The average molecular weight is 409 g/mol. The highest BCUT2D eigenvalue weighted by Gasteiger charge is 2.30. The zero-order chi connectivity index (χ0) is 20.4. The fourth-order valence-electron chi connectivity index (χ4n) is 3.17. The Labute approximate surface area is 163 Å². The normalized spacial score (nSPS) is 17.8. The Morgan fingerprint density at radius 3 is 2.61 bits per heavy atom. The molecule has 0 bridgehead atoms. The van der Waals surface area contributed by atoms with Gasteiger partial charge < -0.3 is 14.8 Å². The van der Waals surface area contributed by atoms with Crippen molar-refractivity contribution in [3.05, 3.63) is 52.5 Å². The van der Waals surface area contributed by atoms with E-state index in [0.717, 1.165) is 25.3 Å². The van der Waals surface area contributed by atoms with Gasteiger partial charge in [0.1, 0.15) is 17.0 Å². The largest absolute Gasteiger partial charge is 0.466 e. The van der Waals surface area contributed by atoms with Crippen molar-refractivity contribution in [1.29, 1.82) is 0 Å². The van der Waals surface area contributed by atoms with Crippen LogP contribution in [-0.4, -0.2) is 42.4 Å². The predicted molar refractivity (Wildman–Crippen MR) is 102 cm³/mol. The number of benzene rings is 1. The van der Waals surface area contributed by atoms with E-state index in [4.69, 9.17) is 4.42 Å².